The van der Waals surface area contributed by atoms with Crippen LogP contribution >= 0.6 is 0 Å². The number of ether oxygens (including phenoxy) is 1. The van der Waals surface area contributed by atoms with Crippen molar-refractivity contribution in [3.63, 3.8) is 0 Å². The zero-order valence-corrected chi connectivity index (χ0v) is 9.65. The van der Waals surface area contributed by atoms with Gasteiger partial charge in [-0.05, 0) is 32.0 Å². The molecule has 1 aromatic carbocycles. The van der Waals surface area contributed by atoms with Crippen molar-refractivity contribution in [3.8, 4) is 5.75 Å². The molecule has 1 heterocycles. The summed E-state index contributed by atoms with van der Waals surface area (Å²) in [5.74, 6) is 0.989. The topological polar surface area (TPSA) is 24.5 Å². The zero-order chi connectivity index (χ0) is 11.0. The second-order valence-electron chi connectivity index (χ2n) is 4.79. The van der Waals surface area contributed by atoms with Gasteiger partial charge in [0.15, 0.2) is 0 Å². The van der Waals surface area contributed by atoms with Crippen molar-refractivity contribution >= 4 is 5.69 Å². The van der Waals surface area contributed by atoms with E-state index < -0.39 is 0 Å². The summed E-state index contributed by atoms with van der Waals surface area (Å²) in [7, 11) is 2.20. The highest BCUT2D eigenvalue weighted by molar-refractivity contribution is 5.57. The first kappa shape index (κ1) is 9.97. The van der Waals surface area contributed by atoms with Gasteiger partial charge < -0.3 is 10.1 Å². The minimum Gasteiger partial charge on any atom is -0.485 e. The first-order valence-corrected chi connectivity index (χ1v) is 6.03. The van der Waals surface area contributed by atoms with E-state index in [0.29, 0.717) is 0 Å². The molecular formula is C13H18N2O. The largest absolute Gasteiger partial charge is 0.485 e. The van der Waals surface area contributed by atoms with Gasteiger partial charge >= 0.3 is 0 Å². The van der Waals surface area contributed by atoms with Gasteiger partial charge in [0.1, 0.15) is 11.9 Å². The number of rotatable bonds is 3. The molecule has 0 spiro atoms. The van der Waals surface area contributed by atoms with Crippen molar-refractivity contribution < 1.29 is 4.74 Å². The van der Waals surface area contributed by atoms with Gasteiger partial charge in [-0.2, -0.15) is 0 Å². The molecule has 1 unspecified atom stereocenters. The molecule has 0 radical (unpaired) electrons. The number of anilines is 1. The number of fused-ring (bicyclic) bond motifs is 1. The molecule has 1 atom stereocenters. The fourth-order valence-corrected chi connectivity index (χ4v) is 2.25. The highest BCUT2D eigenvalue weighted by Crippen LogP contribution is 2.30. The van der Waals surface area contributed by atoms with Crippen LogP contribution in [0.4, 0.5) is 5.69 Å². The van der Waals surface area contributed by atoms with Crippen molar-refractivity contribution in [1.29, 1.82) is 0 Å². The molecule has 2 aliphatic rings. The summed E-state index contributed by atoms with van der Waals surface area (Å²) in [5.41, 5.74) is 1.12. The first-order valence-electron chi connectivity index (χ1n) is 6.03. The van der Waals surface area contributed by atoms with Crippen LogP contribution in [0.1, 0.15) is 12.8 Å². The summed E-state index contributed by atoms with van der Waals surface area (Å²) in [6.07, 6.45) is 2.99. The maximum Gasteiger partial charge on any atom is 0.142 e. The van der Waals surface area contributed by atoms with E-state index in [9.17, 15) is 0 Å². The van der Waals surface area contributed by atoms with Crippen LogP contribution in [0.15, 0.2) is 24.3 Å². The number of nitrogens with zero attached hydrogens (tertiary/aromatic N) is 1. The Balaban J connectivity index is 1.63. The first-order chi connectivity index (χ1) is 7.83. The van der Waals surface area contributed by atoms with Crippen molar-refractivity contribution in [2.75, 3.05) is 25.5 Å². The molecule has 0 amide bonds. The van der Waals surface area contributed by atoms with Gasteiger partial charge in [-0.25, -0.2) is 0 Å². The van der Waals surface area contributed by atoms with Gasteiger partial charge in [-0.1, -0.05) is 12.1 Å². The van der Waals surface area contributed by atoms with Gasteiger partial charge in [-0.15, -0.1) is 0 Å². The Hall–Kier alpha value is -1.22. The minimum absolute atomic E-state index is 0.278. The number of likely N-dealkylation sites (N-methyl/N-ethyl adjacent to an activating group) is 1. The molecule has 1 aliphatic heterocycles. The lowest BCUT2D eigenvalue weighted by atomic mass is 10.2. The van der Waals surface area contributed by atoms with Crippen molar-refractivity contribution in [2.24, 2.45) is 0 Å². The lowest BCUT2D eigenvalue weighted by molar-refractivity contribution is 0.147. The fourth-order valence-electron chi connectivity index (χ4n) is 2.25. The number of nitrogens with one attached hydrogen (secondary N) is 1. The Kier molecular flexibility index (Phi) is 2.48. The molecule has 86 valence electrons. The second kappa shape index (κ2) is 3.98. The van der Waals surface area contributed by atoms with E-state index in [0.717, 1.165) is 30.6 Å². The maximum atomic E-state index is 5.98. The van der Waals surface area contributed by atoms with Crippen molar-refractivity contribution in [2.45, 2.75) is 25.0 Å². The van der Waals surface area contributed by atoms with Gasteiger partial charge in [0.05, 0.1) is 12.2 Å². The lowest BCUT2D eigenvalue weighted by Gasteiger charge is -2.30. The lowest BCUT2D eigenvalue weighted by Crippen LogP contribution is -2.41. The highest BCUT2D eigenvalue weighted by Gasteiger charge is 2.29. The van der Waals surface area contributed by atoms with Crippen molar-refractivity contribution in [3.05, 3.63) is 24.3 Å². The summed E-state index contributed by atoms with van der Waals surface area (Å²) in [5, 5.41) is 3.43. The molecule has 1 fully saturated rings. The van der Waals surface area contributed by atoms with Crippen LogP contribution in [0, 0.1) is 0 Å². The van der Waals surface area contributed by atoms with Crippen LogP contribution in [-0.4, -0.2) is 37.2 Å². The molecule has 3 nitrogen and oxygen atoms in total. The molecule has 1 N–H and O–H groups in total. The van der Waals surface area contributed by atoms with E-state index >= 15 is 0 Å². The van der Waals surface area contributed by atoms with E-state index in [1.54, 1.807) is 0 Å². The minimum atomic E-state index is 0.278. The van der Waals surface area contributed by atoms with E-state index in [1.165, 1.54) is 12.8 Å². The summed E-state index contributed by atoms with van der Waals surface area (Å²) in [6.45, 7) is 1.93. The summed E-state index contributed by atoms with van der Waals surface area (Å²) in [4.78, 5) is 2.42. The standard InChI is InChI=1S/C13H18N2O/c1-15(10-6-7-10)9-11-8-14-12-4-2-3-5-13(12)16-11/h2-5,10-11,14H,6-9H2,1H3. The number of benzene rings is 1. The van der Waals surface area contributed by atoms with Gasteiger partial charge in [0.25, 0.3) is 0 Å². The Labute approximate surface area is 96.4 Å². The molecule has 16 heavy (non-hydrogen) atoms. The van der Waals surface area contributed by atoms with Crippen LogP contribution in [-0.2, 0) is 0 Å². The summed E-state index contributed by atoms with van der Waals surface area (Å²) >= 11 is 0. The van der Waals surface area contributed by atoms with E-state index in [1.807, 2.05) is 18.2 Å². The van der Waals surface area contributed by atoms with Crippen molar-refractivity contribution in [1.82, 2.24) is 4.90 Å². The summed E-state index contributed by atoms with van der Waals surface area (Å²) in [6, 6.07) is 8.96. The molecule has 0 bridgehead atoms. The van der Waals surface area contributed by atoms with E-state index in [2.05, 4.69) is 23.3 Å². The van der Waals surface area contributed by atoms with Gasteiger partial charge in [0, 0.05) is 12.6 Å². The third kappa shape index (κ3) is 2.00. The molecular weight excluding hydrogens is 200 g/mol. The predicted octanol–water partition coefficient (Wildman–Crippen LogP) is 1.95. The summed E-state index contributed by atoms with van der Waals surface area (Å²) < 4.78 is 5.98. The molecule has 3 rings (SSSR count). The van der Waals surface area contributed by atoms with Gasteiger partial charge in [0.2, 0.25) is 0 Å². The number of para-hydroxylation sites is 2. The Morgan fingerprint density at radius 1 is 1.38 bits per heavy atom. The zero-order valence-electron chi connectivity index (χ0n) is 9.65. The normalized spacial score (nSPS) is 23.5. The molecule has 1 aromatic rings. The number of hydrogen-bond acceptors (Lipinski definition) is 3. The highest BCUT2D eigenvalue weighted by atomic mass is 16.5. The van der Waals surface area contributed by atoms with Crippen LogP contribution in [0.25, 0.3) is 0 Å². The van der Waals surface area contributed by atoms with E-state index in [-0.39, 0.29) is 6.10 Å². The van der Waals surface area contributed by atoms with E-state index in [4.69, 9.17) is 4.74 Å². The molecule has 0 aromatic heterocycles. The van der Waals surface area contributed by atoms with Crippen LogP contribution in [0.5, 0.6) is 5.75 Å². The fraction of sp³-hybridized carbons (Fsp3) is 0.538. The predicted molar refractivity (Wildman–Crippen MR) is 65.0 cm³/mol. The third-order valence-corrected chi connectivity index (χ3v) is 3.36. The van der Waals surface area contributed by atoms with Crippen LogP contribution in [0.2, 0.25) is 0 Å². The molecule has 1 saturated carbocycles. The molecule has 0 saturated heterocycles. The Morgan fingerprint density at radius 2 is 2.19 bits per heavy atom. The Morgan fingerprint density at radius 3 is 3.00 bits per heavy atom. The number of hydrogen-bond donors (Lipinski definition) is 1. The smallest absolute Gasteiger partial charge is 0.142 e. The monoisotopic (exact) mass is 218 g/mol. The van der Waals surface area contributed by atoms with Crippen LogP contribution < -0.4 is 10.1 Å². The molecule has 3 heteroatoms. The average molecular weight is 218 g/mol. The van der Waals surface area contributed by atoms with Crippen LogP contribution in [0.3, 0.4) is 0 Å². The quantitative estimate of drug-likeness (QED) is 0.839. The Bertz CT molecular complexity index is 376. The maximum absolute atomic E-state index is 5.98. The third-order valence-electron chi connectivity index (χ3n) is 3.36. The average Bonchev–Trinajstić information content (AvgIpc) is 3.12. The molecule has 1 aliphatic carbocycles. The SMILES string of the molecule is CN(CC1CNc2ccccc2O1)C1CC1. The second-order valence-corrected chi connectivity index (χ2v) is 4.79. The van der Waals surface area contributed by atoms with Gasteiger partial charge in [-0.3, -0.25) is 4.90 Å².